The summed E-state index contributed by atoms with van der Waals surface area (Å²) in [4.78, 5) is 3.69. The lowest BCUT2D eigenvalue weighted by Crippen LogP contribution is -2.17. The van der Waals surface area contributed by atoms with E-state index in [2.05, 4.69) is 14.4 Å². The molecule has 0 bridgehead atoms. The Morgan fingerprint density at radius 1 is 1.14 bits per heavy atom. The van der Waals surface area contributed by atoms with Gasteiger partial charge in [0.05, 0.1) is 4.90 Å². The monoisotopic (exact) mass is 332 g/mol. The summed E-state index contributed by atoms with van der Waals surface area (Å²) >= 11 is 0. The molecule has 5 nitrogen and oxygen atoms in total. The van der Waals surface area contributed by atoms with Gasteiger partial charge >= 0.3 is 6.36 Å². The van der Waals surface area contributed by atoms with Crippen molar-refractivity contribution in [3.05, 3.63) is 48.2 Å². The predicted octanol–water partition coefficient (Wildman–Crippen LogP) is 3.09. The molecule has 0 unspecified atom stereocenters. The van der Waals surface area contributed by atoms with Gasteiger partial charge in [0, 0.05) is 6.20 Å². The van der Waals surface area contributed by atoms with Crippen LogP contribution in [-0.2, 0) is 10.0 Å². The highest BCUT2D eigenvalue weighted by atomic mass is 32.2. The summed E-state index contributed by atoms with van der Waals surface area (Å²) < 4.78 is 66.4. The van der Waals surface area contributed by atoms with Crippen LogP contribution in [0.2, 0.25) is 0 Å². The van der Waals surface area contributed by atoms with Crippen molar-refractivity contribution in [3.63, 3.8) is 0 Å². The number of anilines is 1. The maximum Gasteiger partial charge on any atom is 0.573 e. The molecule has 0 spiro atoms. The maximum atomic E-state index is 12.1. The van der Waals surface area contributed by atoms with Gasteiger partial charge in [0.15, 0.2) is 0 Å². The fourth-order valence-electron chi connectivity index (χ4n) is 1.60. The lowest BCUT2D eigenvalue weighted by atomic mass is 10.3. The number of hydrogen-bond donors (Lipinski definition) is 1. The van der Waals surface area contributed by atoms with Gasteiger partial charge in [-0.1, -0.05) is 6.07 Å². The van der Waals surface area contributed by atoms with Gasteiger partial charge in [-0.15, -0.1) is 13.2 Å². The molecule has 1 aromatic heterocycles. The Morgan fingerprint density at radius 2 is 1.77 bits per heavy atom. The quantitative estimate of drug-likeness (QED) is 0.934. The molecule has 0 aliphatic rings. The molecule has 1 N–H and O–H groups in total. The third kappa shape index (κ3) is 4.10. The molecule has 0 aliphatic carbocycles. The van der Waals surface area contributed by atoms with E-state index in [1.54, 1.807) is 19.1 Å². The third-order valence-corrected chi connectivity index (χ3v) is 3.96. The summed E-state index contributed by atoms with van der Waals surface area (Å²) in [6, 6.07) is 7.20. The molecule has 9 heteroatoms. The van der Waals surface area contributed by atoms with Gasteiger partial charge in [-0.05, 0) is 42.8 Å². The van der Waals surface area contributed by atoms with Crippen molar-refractivity contribution in [2.75, 3.05) is 4.72 Å². The second-order valence-corrected chi connectivity index (χ2v) is 5.98. The minimum absolute atomic E-state index is 0.151. The zero-order valence-corrected chi connectivity index (χ0v) is 12.1. The number of pyridine rings is 1. The van der Waals surface area contributed by atoms with E-state index in [0.717, 1.165) is 24.3 Å². The number of aromatic nitrogens is 1. The normalized spacial score (nSPS) is 12.0. The molecule has 0 atom stereocenters. The van der Waals surface area contributed by atoms with Gasteiger partial charge < -0.3 is 4.74 Å². The molecule has 0 amide bonds. The SMILES string of the molecule is Cc1cccnc1NS(=O)(=O)c1ccc(OC(F)(F)F)cc1. The molecule has 2 aromatic rings. The second kappa shape index (κ2) is 5.84. The zero-order valence-electron chi connectivity index (χ0n) is 11.3. The molecule has 0 aliphatic heterocycles. The van der Waals surface area contributed by atoms with E-state index in [1.165, 1.54) is 6.20 Å². The summed E-state index contributed by atoms with van der Waals surface area (Å²) in [6.07, 6.45) is -3.41. The number of alkyl halides is 3. The summed E-state index contributed by atoms with van der Waals surface area (Å²) in [5, 5.41) is 0. The summed E-state index contributed by atoms with van der Waals surface area (Å²) in [5.74, 6) is -0.349. The Kier molecular flexibility index (Phi) is 4.27. The van der Waals surface area contributed by atoms with Crippen molar-refractivity contribution < 1.29 is 26.3 Å². The number of benzene rings is 1. The Balaban J connectivity index is 2.22. The Morgan fingerprint density at radius 3 is 2.32 bits per heavy atom. The highest BCUT2D eigenvalue weighted by molar-refractivity contribution is 7.92. The summed E-state index contributed by atoms with van der Waals surface area (Å²) in [7, 11) is -3.95. The number of aryl methyl sites for hydroxylation is 1. The van der Waals surface area contributed by atoms with Crippen molar-refractivity contribution in [1.82, 2.24) is 4.98 Å². The molecule has 118 valence electrons. The van der Waals surface area contributed by atoms with Gasteiger partial charge in [0.25, 0.3) is 10.0 Å². The fraction of sp³-hybridized carbons (Fsp3) is 0.154. The van der Waals surface area contributed by atoms with Gasteiger partial charge in [-0.3, -0.25) is 4.72 Å². The molecule has 22 heavy (non-hydrogen) atoms. The number of hydrogen-bond acceptors (Lipinski definition) is 4. The number of nitrogens with zero attached hydrogens (tertiary/aromatic N) is 1. The maximum absolute atomic E-state index is 12.1. The molecule has 2 rings (SSSR count). The minimum atomic E-state index is -4.83. The van der Waals surface area contributed by atoms with Crippen molar-refractivity contribution in [3.8, 4) is 5.75 Å². The van der Waals surface area contributed by atoms with E-state index in [0.29, 0.717) is 5.56 Å². The van der Waals surface area contributed by atoms with Crippen molar-refractivity contribution in [1.29, 1.82) is 0 Å². The largest absolute Gasteiger partial charge is 0.573 e. The number of nitrogens with one attached hydrogen (secondary N) is 1. The molecule has 1 heterocycles. The van der Waals surface area contributed by atoms with Gasteiger partial charge in [-0.2, -0.15) is 0 Å². The highest BCUT2D eigenvalue weighted by Crippen LogP contribution is 2.24. The van der Waals surface area contributed by atoms with Gasteiger partial charge in [-0.25, -0.2) is 13.4 Å². The Bertz CT molecular complexity index is 759. The average molecular weight is 332 g/mol. The molecule has 0 saturated carbocycles. The first-order valence-corrected chi connectivity index (χ1v) is 7.46. The third-order valence-electron chi connectivity index (χ3n) is 2.61. The van der Waals surface area contributed by atoms with Crippen LogP contribution in [0.3, 0.4) is 0 Å². The molecular formula is C13H11F3N2O3S. The van der Waals surface area contributed by atoms with E-state index in [-0.39, 0.29) is 10.7 Å². The number of ether oxygens (including phenoxy) is 1. The number of sulfonamides is 1. The minimum Gasteiger partial charge on any atom is -0.406 e. The van der Waals surface area contributed by atoms with Crippen LogP contribution in [0.15, 0.2) is 47.5 Å². The summed E-state index contributed by atoms with van der Waals surface area (Å²) in [6.45, 7) is 1.67. The van der Waals surface area contributed by atoms with Crippen LogP contribution in [0.4, 0.5) is 19.0 Å². The predicted molar refractivity (Wildman–Crippen MR) is 72.9 cm³/mol. The van der Waals surface area contributed by atoms with Crippen LogP contribution in [-0.4, -0.2) is 19.8 Å². The lowest BCUT2D eigenvalue weighted by molar-refractivity contribution is -0.274. The summed E-state index contributed by atoms with van der Waals surface area (Å²) in [5.41, 5.74) is 0.614. The molecule has 0 fully saturated rings. The van der Waals surface area contributed by atoms with Gasteiger partial charge in [0.2, 0.25) is 0 Å². The number of halogens is 3. The molecule has 1 aromatic carbocycles. The first-order valence-electron chi connectivity index (χ1n) is 5.98. The van der Waals surface area contributed by atoms with Crippen LogP contribution < -0.4 is 9.46 Å². The van der Waals surface area contributed by atoms with Gasteiger partial charge in [0.1, 0.15) is 11.6 Å². The van der Waals surface area contributed by atoms with E-state index >= 15 is 0 Å². The van der Waals surface area contributed by atoms with Crippen LogP contribution in [0, 0.1) is 6.92 Å². The molecule has 0 saturated heterocycles. The standard InChI is InChI=1S/C13H11F3N2O3S/c1-9-3-2-8-17-12(9)18-22(19,20)11-6-4-10(5-7-11)21-13(14,15)16/h2-8H,1H3,(H,17,18). The van der Waals surface area contributed by atoms with Crippen LogP contribution in [0.5, 0.6) is 5.75 Å². The smallest absolute Gasteiger partial charge is 0.406 e. The fourth-order valence-corrected chi connectivity index (χ4v) is 2.68. The van der Waals surface area contributed by atoms with E-state index in [1.807, 2.05) is 0 Å². The Labute approximate surface area is 124 Å². The van der Waals surface area contributed by atoms with E-state index in [4.69, 9.17) is 0 Å². The molecular weight excluding hydrogens is 321 g/mol. The Hall–Kier alpha value is -2.29. The van der Waals surface area contributed by atoms with Crippen LogP contribution >= 0.6 is 0 Å². The first kappa shape index (κ1) is 16.1. The van der Waals surface area contributed by atoms with E-state index < -0.39 is 22.1 Å². The molecule has 0 radical (unpaired) electrons. The zero-order chi connectivity index (χ0) is 16.4. The highest BCUT2D eigenvalue weighted by Gasteiger charge is 2.31. The van der Waals surface area contributed by atoms with Crippen molar-refractivity contribution in [2.45, 2.75) is 18.2 Å². The van der Waals surface area contributed by atoms with Crippen molar-refractivity contribution in [2.24, 2.45) is 0 Å². The van der Waals surface area contributed by atoms with E-state index in [9.17, 15) is 21.6 Å². The van der Waals surface area contributed by atoms with Crippen LogP contribution in [0.1, 0.15) is 5.56 Å². The topological polar surface area (TPSA) is 68.3 Å². The van der Waals surface area contributed by atoms with Crippen LogP contribution in [0.25, 0.3) is 0 Å². The average Bonchev–Trinajstić information content (AvgIpc) is 2.40. The second-order valence-electron chi connectivity index (χ2n) is 4.29. The lowest BCUT2D eigenvalue weighted by Gasteiger charge is -2.11. The van der Waals surface area contributed by atoms with Crippen molar-refractivity contribution >= 4 is 15.8 Å². The number of rotatable bonds is 4. The first-order chi connectivity index (χ1) is 10.2.